The van der Waals surface area contributed by atoms with Gasteiger partial charge >= 0.3 is 0 Å². The van der Waals surface area contributed by atoms with Crippen molar-refractivity contribution in [2.24, 2.45) is 0 Å². The van der Waals surface area contributed by atoms with Gasteiger partial charge in [0.25, 0.3) is 0 Å². The van der Waals surface area contributed by atoms with Crippen molar-refractivity contribution >= 4 is 49.2 Å². The van der Waals surface area contributed by atoms with Crippen molar-refractivity contribution < 1.29 is 12.8 Å². The molecule has 0 bridgehead atoms. The van der Waals surface area contributed by atoms with Gasteiger partial charge in [-0.15, -0.1) is 0 Å². The molecule has 2 rings (SSSR count). The van der Waals surface area contributed by atoms with Gasteiger partial charge < -0.3 is 0 Å². The Balaban J connectivity index is 2.43. The first-order valence-corrected chi connectivity index (χ1v) is 8.21. The van der Waals surface area contributed by atoms with E-state index in [0.717, 1.165) is 6.26 Å². The highest BCUT2D eigenvalue weighted by molar-refractivity contribution is 9.10. The fourth-order valence-corrected chi connectivity index (χ4v) is 2.48. The zero-order valence-corrected chi connectivity index (χ0v) is 13.2. The van der Waals surface area contributed by atoms with Gasteiger partial charge in [0, 0.05) is 12.5 Å². The average molecular weight is 381 g/mol. The van der Waals surface area contributed by atoms with Gasteiger partial charge in [-0.1, -0.05) is 11.6 Å². The maximum atomic E-state index is 13.1. The van der Waals surface area contributed by atoms with Crippen molar-refractivity contribution in [1.82, 2.24) is 9.97 Å². The molecule has 0 saturated heterocycles. The number of hydrogen-bond acceptors (Lipinski definition) is 5. The first kappa shape index (κ1) is 15.1. The van der Waals surface area contributed by atoms with E-state index in [9.17, 15) is 12.8 Å². The summed E-state index contributed by atoms with van der Waals surface area (Å²) in [7, 11) is -3.44. The summed E-state index contributed by atoms with van der Waals surface area (Å²) in [6, 6.07) is 5.29. The molecule has 0 aliphatic rings. The van der Waals surface area contributed by atoms with Gasteiger partial charge in [0.2, 0.25) is 5.95 Å². The molecule has 9 heteroatoms. The Kier molecular flexibility index (Phi) is 4.26. The number of sulfone groups is 1. The number of nitrogens with zero attached hydrogens (tertiary/aromatic N) is 3. The Labute approximate surface area is 128 Å². The summed E-state index contributed by atoms with van der Waals surface area (Å²) in [6.45, 7) is 0. The van der Waals surface area contributed by atoms with Crippen molar-refractivity contribution in [3.8, 4) is 0 Å². The minimum absolute atomic E-state index is 0.0637. The molecule has 0 fully saturated rings. The molecular weight excluding hydrogens is 373 g/mol. The molecule has 106 valence electrons. The largest absolute Gasteiger partial charge is 0.244 e. The second-order valence-electron chi connectivity index (χ2n) is 3.85. The molecule has 0 aliphatic carbocycles. The first-order chi connectivity index (χ1) is 9.29. The molecular formula is C11H8BrClFN3O2S. The number of benzene rings is 1. The lowest BCUT2D eigenvalue weighted by Gasteiger charge is -2.15. The molecule has 0 N–H and O–H groups in total. The lowest BCUT2D eigenvalue weighted by molar-refractivity contribution is 0.598. The summed E-state index contributed by atoms with van der Waals surface area (Å²) in [6.07, 6.45) is 2.37. The van der Waals surface area contributed by atoms with Crippen molar-refractivity contribution in [3.05, 3.63) is 41.3 Å². The van der Waals surface area contributed by atoms with E-state index >= 15 is 0 Å². The van der Waals surface area contributed by atoms with Gasteiger partial charge in [0.1, 0.15) is 5.82 Å². The van der Waals surface area contributed by atoms with E-state index < -0.39 is 15.7 Å². The molecule has 20 heavy (non-hydrogen) atoms. The number of aromatic nitrogens is 2. The highest BCUT2D eigenvalue weighted by Crippen LogP contribution is 2.29. The van der Waals surface area contributed by atoms with Crippen LogP contribution in [-0.4, -0.2) is 24.6 Å². The minimum atomic E-state index is -3.44. The Morgan fingerprint density at radius 1 is 1.35 bits per heavy atom. The lowest BCUT2D eigenvalue weighted by Crippen LogP contribution is -2.09. The first-order valence-electron chi connectivity index (χ1n) is 5.23. The van der Waals surface area contributed by atoms with Crippen LogP contribution in [0.5, 0.6) is 0 Å². The zero-order valence-electron chi connectivity index (χ0n) is 10.1. The summed E-state index contributed by atoms with van der Waals surface area (Å²) in [5, 5.41) is -0.175. The normalized spacial score (nSPS) is 11.4. The fourth-order valence-electron chi connectivity index (χ4n) is 1.36. The SMILES string of the molecule is CS(=O)(=O)c1ccnc(N(Br)c2ccc(F)c(Cl)c2)n1. The van der Waals surface area contributed by atoms with Crippen molar-refractivity contribution in [3.63, 3.8) is 0 Å². The van der Waals surface area contributed by atoms with E-state index in [1.165, 1.54) is 34.4 Å². The quantitative estimate of drug-likeness (QED) is 0.605. The molecule has 1 aromatic heterocycles. The van der Waals surface area contributed by atoms with Crippen LogP contribution in [0.25, 0.3) is 0 Å². The van der Waals surface area contributed by atoms with Gasteiger partial charge in [-0.2, -0.15) is 0 Å². The standard InChI is InChI=1S/C11H8BrClFN3O2S/c1-20(18,19)10-4-5-15-11(16-10)17(12)7-2-3-9(14)8(13)6-7/h2-6H,1H3. The molecule has 1 heterocycles. The Morgan fingerprint density at radius 2 is 2.05 bits per heavy atom. The maximum Gasteiger partial charge on any atom is 0.241 e. The van der Waals surface area contributed by atoms with Crippen LogP contribution >= 0.6 is 27.7 Å². The van der Waals surface area contributed by atoms with E-state index in [0.29, 0.717) is 5.69 Å². The van der Waals surface area contributed by atoms with Gasteiger partial charge in [0.15, 0.2) is 14.9 Å². The zero-order chi connectivity index (χ0) is 14.9. The van der Waals surface area contributed by atoms with Crippen LogP contribution in [-0.2, 0) is 9.84 Å². The molecule has 0 amide bonds. The topological polar surface area (TPSA) is 63.2 Å². The second-order valence-corrected chi connectivity index (χ2v) is 6.93. The molecule has 0 saturated carbocycles. The lowest BCUT2D eigenvalue weighted by atomic mass is 10.3. The molecule has 0 unspecified atom stereocenters. The van der Waals surface area contributed by atoms with Crippen LogP contribution in [0.4, 0.5) is 16.0 Å². The van der Waals surface area contributed by atoms with Gasteiger partial charge in [-0.3, -0.25) is 0 Å². The van der Waals surface area contributed by atoms with Crippen molar-refractivity contribution in [2.45, 2.75) is 5.03 Å². The maximum absolute atomic E-state index is 13.1. The number of halogens is 3. The van der Waals surface area contributed by atoms with Crippen LogP contribution in [0, 0.1) is 5.82 Å². The summed E-state index contributed by atoms with van der Waals surface area (Å²) >= 11 is 8.88. The van der Waals surface area contributed by atoms with Crippen LogP contribution in [0.3, 0.4) is 0 Å². The predicted octanol–water partition coefficient (Wildman–Crippen LogP) is 3.12. The van der Waals surface area contributed by atoms with Gasteiger partial charge in [-0.05, 0) is 24.3 Å². The fraction of sp³-hybridized carbons (Fsp3) is 0.0909. The summed E-state index contributed by atoms with van der Waals surface area (Å²) in [4.78, 5) is 7.86. The molecule has 2 aromatic rings. The minimum Gasteiger partial charge on any atom is -0.244 e. The monoisotopic (exact) mass is 379 g/mol. The highest BCUT2D eigenvalue weighted by atomic mass is 79.9. The van der Waals surface area contributed by atoms with Gasteiger partial charge in [0.05, 0.1) is 26.9 Å². The third kappa shape index (κ3) is 3.25. The van der Waals surface area contributed by atoms with Crippen LogP contribution in [0.15, 0.2) is 35.5 Å². The van der Waals surface area contributed by atoms with E-state index in [4.69, 9.17) is 11.6 Å². The van der Waals surface area contributed by atoms with E-state index in [1.807, 2.05) is 0 Å². The van der Waals surface area contributed by atoms with Crippen LogP contribution in [0.1, 0.15) is 0 Å². The van der Waals surface area contributed by atoms with Gasteiger partial charge in [-0.25, -0.2) is 26.7 Å². The molecule has 0 aliphatic heterocycles. The number of hydrogen-bond donors (Lipinski definition) is 0. The molecule has 0 radical (unpaired) electrons. The molecule has 0 spiro atoms. The summed E-state index contributed by atoms with van der Waals surface area (Å²) < 4.78 is 37.3. The van der Waals surface area contributed by atoms with Crippen molar-refractivity contribution in [1.29, 1.82) is 0 Å². The van der Waals surface area contributed by atoms with Crippen LogP contribution in [0.2, 0.25) is 5.02 Å². The van der Waals surface area contributed by atoms with E-state index in [2.05, 4.69) is 26.1 Å². The molecule has 5 nitrogen and oxygen atoms in total. The predicted molar refractivity (Wildman–Crippen MR) is 77.6 cm³/mol. The third-order valence-corrected chi connectivity index (χ3v) is 4.31. The summed E-state index contributed by atoms with van der Waals surface area (Å²) in [5.74, 6) is -0.460. The van der Waals surface area contributed by atoms with Crippen molar-refractivity contribution in [2.75, 3.05) is 10.2 Å². The van der Waals surface area contributed by atoms with E-state index in [1.54, 1.807) is 0 Å². The van der Waals surface area contributed by atoms with E-state index in [-0.39, 0.29) is 16.0 Å². The Morgan fingerprint density at radius 3 is 2.65 bits per heavy atom. The highest BCUT2D eigenvalue weighted by Gasteiger charge is 2.15. The number of anilines is 2. The smallest absolute Gasteiger partial charge is 0.241 e. The third-order valence-electron chi connectivity index (χ3n) is 2.30. The second kappa shape index (κ2) is 5.63. The molecule has 0 atom stereocenters. The summed E-state index contributed by atoms with van der Waals surface area (Å²) in [5.41, 5.74) is 0.460. The van der Waals surface area contributed by atoms with Crippen LogP contribution < -0.4 is 3.93 Å². The molecule has 1 aromatic carbocycles. The Hall–Kier alpha value is -1.25. The Bertz CT molecular complexity index is 757. The number of rotatable bonds is 3. The average Bonchev–Trinajstić information content (AvgIpc) is 2.40.